The molecule has 0 aliphatic carbocycles. The van der Waals surface area contributed by atoms with Crippen molar-refractivity contribution in [1.29, 1.82) is 0 Å². The SMILES string of the molecule is COc1cc(C[C@@H](C)N2CCCCCC2)ccc1O. The number of hydrogen-bond acceptors (Lipinski definition) is 3. The molecule has 0 aromatic heterocycles. The molecule has 1 aliphatic heterocycles. The summed E-state index contributed by atoms with van der Waals surface area (Å²) in [4.78, 5) is 2.59. The summed E-state index contributed by atoms with van der Waals surface area (Å²) in [5.74, 6) is 0.786. The van der Waals surface area contributed by atoms with Gasteiger partial charge in [0, 0.05) is 6.04 Å². The highest BCUT2D eigenvalue weighted by molar-refractivity contribution is 5.41. The highest BCUT2D eigenvalue weighted by atomic mass is 16.5. The number of benzene rings is 1. The Morgan fingerprint density at radius 2 is 1.89 bits per heavy atom. The second-order valence-electron chi connectivity index (χ2n) is 5.51. The fraction of sp³-hybridized carbons (Fsp3) is 0.625. The molecule has 106 valence electrons. The minimum atomic E-state index is 0.216. The van der Waals surface area contributed by atoms with Crippen LogP contribution in [0.1, 0.15) is 38.2 Å². The molecule has 3 nitrogen and oxygen atoms in total. The van der Waals surface area contributed by atoms with Gasteiger partial charge in [-0.25, -0.2) is 0 Å². The van der Waals surface area contributed by atoms with Gasteiger partial charge in [0.2, 0.25) is 0 Å². The number of aromatic hydroxyl groups is 1. The largest absolute Gasteiger partial charge is 0.504 e. The van der Waals surface area contributed by atoms with Gasteiger partial charge < -0.3 is 14.7 Å². The van der Waals surface area contributed by atoms with Crippen molar-refractivity contribution >= 4 is 0 Å². The van der Waals surface area contributed by atoms with Crippen LogP contribution in [0.25, 0.3) is 0 Å². The molecule has 0 bridgehead atoms. The predicted octanol–water partition coefficient (Wildman–Crippen LogP) is 3.21. The summed E-state index contributed by atoms with van der Waals surface area (Å²) in [5.41, 5.74) is 1.23. The van der Waals surface area contributed by atoms with E-state index in [1.165, 1.54) is 44.3 Å². The Labute approximate surface area is 116 Å². The van der Waals surface area contributed by atoms with E-state index < -0.39 is 0 Å². The number of phenols is 1. The zero-order valence-corrected chi connectivity index (χ0v) is 12.1. The molecule has 1 aromatic carbocycles. The Morgan fingerprint density at radius 3 is 2.53 bits per heavy atom. The maximum absolute atomic E-state index is 9.62. The van der Waals surface area contributed by atoms with E-state index in [-0.39, 0.29) is 5.75 Å². The van der Waals surface area contributed by atoms with Crippen LogP contribution >= 0.6 is 0 Å². The average Bonchev–Trinajstić information content (AvgIpc) is 2.70. The molecule has 1 N–H and O–H groups in total. The second kappa shape index (κ2) is 6.80. The third-order valence-electron chi connectivity index (χ3n) is 4.04. The quantitative estimate of drug-likeness (QED) is 0.905. The summed E-state index contributed by atoms with van der Waals surface area (Å²) in [6, 6.07) is 6.21. The lowest BCUT2D eigenvalue weighted by atomic mass is 10.0. The number of rotatable bonds is 4. The Bertz CT molecular complexity index is 398. The van der Waals surface area contributed by atoms with Crippen LogP contribution in [0.2, 0.25) is 0 Å². The number of phenolic OH excluding ortho intramolecular Hbond substituents is 1. The van der Waals surface area contributed by atoms with Crippen LogP contribution in [0.4, 0.5) is 0 Å². The van der Waals surface area contributed by atoms with E-state index in [1.54, 1.807) is 13.2 Å². The number of ether oxygens (including phenoxy) is 1. The standard InChI is InChI=1S/C16H25NO2/c1-13(17-9-5-3-4-6-10-17)11-14-7-8-15(18)16(12-14)19-2/h7-8,12-13,18H,3-6,9-11H2,1-2H3/t13-/m1/s1. The summed E-state index contributed by atoms with van der Waals surface area (Å²) in [6.45, 7) is 4.73. The number of likely N-dealkylation sites (tertiary alicyclic amines) is 1. The van der Waals surface area contributed by atoms with Crippen molar-refractivity contribution in [2.75, 3.05) is 20.2 Å². The summed E-state index contributed by atoms with van der Waals surface area (Å²) in [5, 5.41) is 9.62. The van der Waals surface area contributed by atoms with Crippen LogP contribution in [0.15, 0.2) is 18.2 Å². The van der Waals surface area contributed by atoms with E-state index in [0.29, 0.717) is 11.8 Å². The monoisotopic (exact) mass is 263 g/mol. The van der Waals surface area contributed by atoms with Gasteiger partial charge in [0.15, 0.2) is 11.5 Å². The molecule has 0 amide bonds. The first-order valence-electron chi connectivity index (χ1n) is 7.30. The molecule has 2 rings (SSSR count). The molecule has 0 unspecified atom stereocenters. The summed E-state index contributed by atoms with van der Waals surface area (Å²) in [7, 11) is 1.59. The Balaban J connectivity index is 1.99. The second-order valence-corrected chi connectivity index (χ2v) is 5.51. The average molecular weight is 263 g/mol. The number of nitrogens with zero attached hydrogens (tertiary/aromatic N) is 1. The van der Waals surface area contributed by atoms with Crippen molar-refractivity contribution in [3.63, 3.8) is 0 Å². The molecule has 1 heterocycles. The van der Waals surface area contributed by atoms with Crippen molar-refractivity contribution in [1.82, 2.24) is 4.90 Å². The van der Waals surface area contributed by atoms with Gasteiger partial charge in [0.05, 0.1) is 7.11 Å². The van der Waals surface area contributed by atoms with E-state index in [4.69, 9.17) is 4.74 Å². The van der Waals surface area contributed by atoms with E-state index in [2.05, 4.69) is 11.8 Å². The third kappa shape index (κ3) is 3.87. The predicted molar refractivity (Wildman–Crippen MR) is 77.9 cm³/mol. The van der Waals surface area contributed by atoms with Crippen LogP contribution in [0.5, 0.6) is 11.5 Å². The van der Waals surface area contributed by atoms with Gasteiger partial charge in [-0.1, -0.05) is 18.9 Å². The van der Waals surface area contributed by atoms with Crippen molar-refractivity contribution in [3.8, 4) is 11.5 Å². The number of hydrogen-bond donors (Lipinski definition) is 1. The first-order valence-corrected chi connectivity index (χ1v) is 7.30. The maximum atomic E-state index is 9.62. The van der Waals surface area contributed by atoms with Crippen LogP contribution < -0.4 is 4.74 Å². The molecule has 1 atom stereocenters. The first kappa shape index (κ1) is 14.2. The van der Waals surface area contributed by atoms with E-state index in [9.17, 15) is 5.11 Å². The molecular formula is C16H25NO2. The van der Waals surface area contributed by atoms with Crippen molar-refractivity contribution in [2.45, 2.75) is 45.1 Å². The van der Waals surface area contributed by atoms with Gasteiger partial charge in [-0.3, -0.25) is 0 Å². The molecule has 19 heavy (non-hydrogen) atoms. The molecule has 1 fully saturated rings. The lowest BCUT2D eigenvalue weighted by molar-refractivity contribution is 0.215. The van der Waals surface area contributed by atoms with E-state index in [0.717, 1.165) is 6.42 Å². The van der Waals surface area contributed by atoms with Crippen molar-refractivity contribution < 1.29 is 9.84 Å². The molecule has 1 saturated heterocycles. The van der Waals surface area contributed by atoms with E-state index >= 15 is 0 Å². The third-order valence-corrected chi connectivity index (χ3v) is 4.04. The minimum absolute atomic E-state index is 0.216. The lowest BCUT2D eigenvalue weighted by Crippen LogP contribution is -2.35. The van der Waals surface area contributed by atoms with Crippen LogP contribution in [0, 0.1) is 0 Å². The molecule has 0 radical (unpaired) electrons. The number of methoxy groups -OCH3 is 1. The molecule has 0 spiro atoms. The molecular weight excluding hydrogens is 238 g/mol. The Hall–Kier alpha value is -1.22. The smallest absolute Gasteiger partial charge is 0.160 e. The van der Waals surface area contributed by atoms with E-state index in [1.807, 2.05) is 12.1 Å². The molecule has 1 aromatic rings. The van der Waals surface area contributed by atoms with Crippen LogP contribution in [0.3, 0.4) is 0 Å². The van der Waals surface area contributed by atoms with Gasteiger partial charge >= 0.3 is 0 Å². The van der Waals surface area contributed by atoms with Gasteiger partial charge in [-0.2, -0.15) is 0 Å². The highest BCUT2D eigenvalue weighted by Crippen LogP contribution is 2.27. The van der Waals surface area contributed by atoms with Gasteiger partial charge in [0.1, 0.15) is 0 Å². The lowest BCUT2D eigenvalue weighted by Gasteiger charge is -2.27. The minimum Gasteiger partial charge on any atom is -0.504 e. The normalized spacial score (nSPS) is 18.8. The molecule has 3 heteroatoms. The topological polar surface area (TPSA) is 32.7 Å². The maximum Gasteiger partial charge on any atom is 0.160 e. The molecule has 1 aliphatic rings. The zero-order chi connectivity index (χ0) is 13.7. The first-order chi connectivity index (χ1) is 9.20. The fourth-order valence-corrected chi connectivity index (χ4v) is 2.86. The highest BCUT2D eigenvalue weighted by Gasteiger charge is 2.16. The van der Waals surface area contributed by atoms with Crippen LogP contribution in [-0.2, 0) is 6.42 Å². The van der Waals surface area contributed by atoms with Gasteiger partial charge in [-0.15, -0.1) is 0 Å². The van der Waals surface area contributed by atoms with Crippen molar-refractivity contribution in [2.24, 2.45) is 0 Å². The molecule has 0 saturated carbocycles. The Kier molecular flexibility index (Phi) is 5.08. The summed E-state index contributed by atoms with van der Waals surface area (Å²) in [6.07, 6.45) is 6.40. The van der Waals surface area contributed by atoms with Gasteiger partial charge in [0.25, 0.3) is 0 Å². The zero-order valence-electron chi connectivity index (χ0n) is 12.1. The fourth-order valence-electron chi connectivity index (χ4n) is 2.86. The Morgan fingerprint density at radius 1 is 1.21 bits per heavy atom. The van der Waals surface area contributed by atoms with Crippen molar-refractivity contribution in [3.05, 3.63) is 23.8 Å². The van der Waals surface area contributed by atoms with Gasteiger partial charge in [-0.05, 0) is 57.0 Å². The summed E-state index contributed by atoms with van der Waals surface area (Å²) >= 11 is 0. The summed E-state index contributed by atoms with van der Waals surface area (Å²) < 4.78 is 5.17. The van der Waals surface area contributed by atoms with Crippen LogP contribution in [-0.4, -0.2) is 36.2 Å².